The molecule has 0 aliphatic carbocycles. The van der Waals surface area contributed by atoms with Crippen molar-refractivity contribution in [3.63, 3.8) is 0 Å². The number of hydrogen-bond donors (Lipinski definition) is 2. The third kappa shape index (κ3) is 4.97. The molecule has 35 heavy (non-hydrogen) atoms. The van der Waals surface area contributed by atoms with Crippen LogP contribution >= 0.6 is 11.8 Å². The van der Waals surface area contributed by atoms with Crippen LogP contribution in [-0.2, 0) is 14.3 Å². The van der Waals surface area contributed by atoms with E-state index in [-0.39, 0.29) is 52.8 Å². The predicted octanol–water partition coefficient (Wildman–Crippen LogP) is 4.13. The highest BCUT2D eigenvalue weighted by Gasteiger charge is 2.42. The first kappa shape index (κ1) is 24.9. The number of ether oxygens (including phenoxy) is 3. The van der Waals surface area contributed by atoms with Crippen LogP contribution < -0.4 is 9.47 Å². The Balaban J connectivity index is 1.74. The van der Waals surface area contributed by atoms with Crippen molar-refractivity contribution in [2.45, 2.75) is 30.6 Å². The molecule has 0 saturated heterocycles. The molecule has 186 valence electrons. The Kier molecular flexibility index (Phi) is 7.57. The molecule has 0 saturated carbocycles. The number of ketones is 2. The van der Waals surface area contributed by atoms with Gasteiger partial charge in [0.1, 0.15) is 0 Å². The molecule has 0 bridgehead atoms. The lowest BCUT2D eigenvalue weighted by molar-refractivity contribution is -0.123. The van der Waals surface area contributed by atoms with Crippen molar-refractivity contribution in [1.29, 1.82) is 0 Å². The van der Waals surface area contributed by atoms with Crippen LogP contribution in [0.1, 0.15) is 41.7 Å². The number of carbonyl (C=O) groups is 2. The Bertz CT molecular complexity index is 1150. The monoisotopic (exact) mass is 499 g/mol. The molecule has 0 spiro atoms. The van der Waals surface area contributed by atoms with Gasteiger partial charge in [0.2, 0.25) is 0 Å². The van der Waals surface area contributed by atoms with Gasteiger partial charge in [-0.15, -0.1) is 0 Å². The number of nitrogens with zero attached hydrogens (tertiary/aromatic N) is 1. The highest BCUT2D eigenvalue weighted by molar-refractivity contribution is 8.03. The molecule has 9 heteroatoms. The van der Waals surface area contributed by atoms with E-state index in [9.17, 15) is 19.8 Å². The first-order valence-corrected chi connectivity index (χ1v) is 12.2. The average molecular weight is 500 g/mol. The Morgan fingerprint density at radius 1 is 0.914 bits per heavy atom. The van der Waals surface area contributed by atoms with Crippen LogP contribution in [0.25, 0.3) is 0 Å². The van der Waals surface area contributed by atoms with E-state index in [2.05, 4.69) is 4.90 Å². The van der Waals surface area contributed by atoms with Gasteiger partial charge < -0.3 is 29.3 Å². The number of phenols is 2. The lowest BCUT2D eigenvalue weighted by Crippen LogP contribution is -2.40. The first-order chi connectivity index (χ1) is 16.9. The smallest absolute Gasteiger partial charge is 0.171 e. The molecule has 2 aromatic rings. The van der Waals surface area contributed by atoms with E-state index in [0.29, 0.717) is 36.1 Å². The third-order valence-corrected chi connectivity index (χ3v) is 7.71. The van der Waals surface area contributed by atoms with E-state index in [0.717, 1.165) is 11.1 Å². The molecular formula is C26H29NO7S. The molecule has 2 atom stereocenters. The molecule has 2 aliphatic rings. The average Bonchev–Trinajstić information content (AvgIpc) is 2.85. The fraction of sp³-hybridized carbons (Fsp3) is 0.385. The number of carbonyl (C=O) groups excluding carboxylic acids is 2. The van der Waals surface area contributed by atoms with Crippen molar-refractivity contribution in [2.75, 3.05) is 34.5 Å². The lowest BCUT2D eigenvalue weighted by atomic mass is 9.89. The topological polar surface area (TPSA) is 106 Å². The largest absolute Gasteiger partial charge is 0.504 e. The maximum absolute atomic E-state index is 13.2. The summed E-state index contributed by atoms with van der Waals surface area (Å²) in [5.74, 6) is 0.346. The second-order valence-corrected chi connectivity index (χ2v) is 9.65. The minimum Gasteiger partial charge on any atom is -0.504 e. The van der Waals surface area contributed by atoms with Crippen molar-refractivity contribution >= 4 is 23.3 Å². The van der Waals surface area contributed by atoms with Crippen molar-refractivity contribution in [1.82, 2.24) is 4.90 Å². The number of aromatic hydroxyl groups is 2. The van der Waals surface area contributed by atoms with Crippen molar-refractivity contribution < 1.29 is 34.0 Å². The summed E-state index contributed by atoms with van der Waals surface area (Å²) in [6.45, 7) is 1.12. The Labute approximate surface area is 208 Å². The van der Waals surface area contributed by atoms with Gasteiger partial charge in [-0.3, -0.25) is 9.59 Å². The Morgan fingerprint density at radius 2 is 1.51 bits per heavy atom. The molecule has 4 rings (SSSR count). The summed E-state index contributed by atoms with van der Waals surface area (Å²) < 4.78 is 15.8. The van der Waals surface area contributed by atoms with E-state index < -0.39 is 0 Å². The summed E-state index contributed by atoms with van der Waals surface area (Å²) >= 11 is 1.48. The van der Waals surface area contributed by atoms with E-state index in [1.165, 1.54) is 26.0 Å². The molecular weight excluding hydrogens is 470 g/mol. The van der Waals surface area contributed by atoms with Crippen LogP contribution in [0.3, 0.4) is 0 Å². The third-order valence-electron chi connectivity index (χ3n) is 6.32. The fourth-order valence-electron chi connectivity index (χ4n) is 4.56. The van der Waals surface area contributed by atoms with Crippen LogP contribution in [0.2, 0.25) is 0 Å². The molecule has 2 aromatic carbocycles. The molecule has 2 unspecified atom stereocenters. The van der Waals surface area contributed by atoms with Gasteiger partial charge in [0, 0.05) is 38.4 Å². The molecule has 2 aliphatic heterocycles. The molecule has 0 amide bonds. The van der Waals surface area contributed by atoms with Gasteiger partial charge in [-0.25, -0.2) is 0 Å². The summed E-state index contributed by atoms with van der Waals surface area (Å²) in [5.41, 5.74) is 1.91. The van der Waals surface area contributed by atoms with E-state index in [1.807, 2.05) is 0 Å². The van der Waals surface area contributed by atoms with Gasteiger partial charge in [0.15, 0.2) is 34.6 Å². The van der Waals surface area contributed by atoms with Crippen LogP contribution in [-0.4, -0.2) is 61.2 Å². The molecule has 2 heterocycles. The second-order valence-electron chi connectivity index (χ2n) is 8.46. The number of allylic oxidation sites excluding steroid dienone is 1. The molecule has 0 aromatic heterocycles. The van der Waals surface area contributed by atoms with Crippen LogP contribution in [0.4, 0.5) is 0 Å². The quantitative estimate of drug-likeness (QED) is 0.410. The predicted molar refractivity (Wildman–Crippen MR) is 132 cm³/mol. The summed E-state index contributed by atoms with van der Waals surface area (Å²) in [7, 11) is 4.60. The second kappa shape index (κ2) is 10.6. The maximum atomic E-state index is 13.2. The van der Waals surface area contributed by atoms with Crippen molar-refractivity contribution in [3.05, 3.63) is 58.1 Å². The zero-order chi connectivity index (χ0) is 25.1. The van der Waals surface area contributed by atoms with Gasteiger partial charge in [-0.2, -0.15) is 0 Å². The van der Waals surface area contributed by atoms with E-state index in [1.54, 1.807) is 43.5 Å². The van der Waals surface area contributed by atoms with E-state index in [4.69, 9.17) is 14.2 Å². The summed E-state index contributed by atoms with van der Waals surface area (Å²) in [6.07, 6.45) is 1.05. The first-order valence-electron chi connectivity index (χ1n) is 11.3. The van der Waals surface area contributed by atoms with Crippen LogP contribution in [0.5, 0.6) is 23.0 Å². The summed E-state index contributed by atoms with van der Waals surface area (Å²) in [4.78, 5) is 28.6. The maximum Gasteiger partial charge on any atom is 0.171 e. The van der Waals surface area contributed by atoms with Crippen LogP contribution in [0.15, 0.2) is 47.0 Å². The standard InChI is InChI=1S/C26H29NO7S/c1-32-10-4-9-27-17(15-5-7-18(28)22(11-15)33-2)13-20(30)25-21(31)14-24(35-26(25)27)16-6-8-19(29)23(12-16)34-3/h5-8,11-12,17,24,28-29H,4,9-10,13-14H2,1-3H3. The van der Waals surface area contributed by atoms with Gasteiger partial charge >= 0.3 is 0 Å². The van der Waals surface area contributed by atoms with Crippen molar-refractivity contribution in [3.8, 4) is 23.0 Å². The van der Waals surface area contributed by atoms with Crippen LogP contribution in [0, 0.1) is 0 Å². The zero-order valence-corrected chi connectivity index (χ0v) is 20.8. The normalized spacial score (nSPS) is 20.1. The number of phenolic OH excluding ortho intramolecular Hbond substituents is 2. The molecule has 0 radical (unpaired) electrons. The highest BCUT2D eigenvalue weighted by Crippen LogP contribution is 2.51. The highest BCUT2D eigenvalue weighted by atomic mass is 32.2. The molecule has 0 fully saturated rings. The Morgan fingerprint density at radius 3 is 2.14 bits per heavy atom. The molecule has 8 nitrogen and oxygen atoms in total. The number of benzene rings is 2. The van der Waals surface area contributed by atoms with Crippen molar-refractivity contribution in [2.24, 2.45) is 0 Å². The lowest BCUT2D eigenvalue weighted by Gasteiger charge is -2.42. The number of thioether (sulfide) groups is 1. The summed E-state index contributed by atoms with van der Waals surface area (Å²) in [5, 5.41) is 20.5. The number of hydrogen-bond acceptors (Lipinski definition) is 9. The summed E-state index contributed by atoms with van der Waals surface area (Å²) in [6, 6.07) is 9.81. The molecule has 2 N–H and O–H groups in total. The SMILES string of the molecule is COCCCN1C2=C(C(=O)CC(c3ccc(O)c(OC)c3)S2)C(=O)CC1c1ccc(O)c(OC)c1. The van der Waals surface area contributed by atoms with Gasteiger partial charge in [0.05, 0.1) is 30.9 Å². The minimum absolute atomic E-state index is 0.0211. The number of rotatable bonds is 8. The van der Waals surface area contributed by atoms with Gasteiger partial charge in [-0.1, -0.05) is 23.9 Å². The fourth-order valence-corrected chi connectivity index (χ4v) is 6.04. The van der Waals surface area contributed by atoms with E-state index >= 15 is 0 Å². The van der Waals surface area contributed by atoms with Gasteiger partial charge in [0.25, 0.3) is 0 Å². The minimum atomic E-state index is -0.319. The van der Waals surface area contributed by atoms with Gasteiger partial charge in [-0.05, 0) is 41.8 Å². The zero-order valence-electron chi connectivity index (χ0n) is 19.9. The number of methoxy groups -OCH3 is 3. The number of Topliss-reactive ketones (excluding diaryl/α,β-unsaturated/α-hetero) is 2. The Hall–Kier alpha value is -3.17.